The predicted molar refractivity (Wildman–Crippen MR) is 72.8 cm³/mol. The van der Waals surface area contributed by atoms with Gasteiger partial charge in [0, 0.05) is 17.6 Å². The summed E-state index contributed by atoms with van der Waals surface area (Å²) in [6, 6.07) is 1.99. The monoisotopic (exact) mass is 334 g/mol. The van der Waals surface area contributed by atoms with Gasteiger partial charge in [-0.15, -0.1) is 0 Å². The number of hydrogen-bond donors (Lipinski definition) is 1. The molecule has 0 aliphatic carbocycles. The Morgan fingerprint density at radius 3 is 2.93 bits per heavy atom. The van der Waals surface area contributed by atoms with E-state index in [-0.39, 0.29) is 0 Å². The van der Waals surface area contributed by atoms with E-state index >= 15 is 0 Å². The van der Waals surface area contributed by atoms with Crippen LogP contribution in [0.2, 0.25) is 0 Å². The Kier molecular flexibility index (Phi) is 5.61. The van der Waals surface area contributed by atoms with Crippen LogP contribution in [-0.4, -0.2) is 16.4 Å². The summed E-state index contributed by atoms with van der Waals surface area (Å²) in [6.45, 7) is 5.19. The third-order valence-electron chi connectivity index (χ3n) is 2.28. The lowest BCUT2D eigenvalue weighted by Crippen LogP contribution is -2.09. The third kappa shape index (κ3) is 4.11. The van der Waals surface area contributed by atoms with E-state index in [2.05, 4.69) is 56.0 Å². The molecular weight excluding hydrogens is 320 g/mol. The molecule has 1 atom stereocenters. The first kappa shape index (κ1) is 13.0. The summed E-state index contributed by atoms with van der Waals surface area (Å²) in [5.74, 6) is 0.936. The zero-order valence-corrected chi connectivity index (χ0v) is 12.2. The standard InChI is InChI=1S/C11H16Br2N2/c1-3-9(12)5-7-15-11-10(13)8(2)4-6-14-11/h4,6,9H,3,5,7H2,1-2H3,(H,14,15). The van der Waals surface area contributed by atoms with E-state index < -0.39 is 0 Å². The van der Waals surface area contributed by atoms with Gasteiger partial charge in [0.15, 0.2) is 0 Å². The maximum atomic E-state index is 4.29. The first-order valence-electron chi connectivity index (χ1n) is 5.14. The summed E-state index contributed by atoms with van der Waals surface area (Å²) in [4.78, 5) is 4.88. The second-order valence-corrected chi connectivity index (χ2v) is 5.60. The van der Waals surface area contributed by atoms with Crippen LogP contribution in [0.5, 0.6) is 0 Å². The second kappa shape index (κ2) is 6.48. The molecule has 0 fully saturated rings. The van der Waals surface area contributed by atoms with Crippen molar-refractivity contribution in [1.29, 1.82) is 0 Å². The highest BCUT2D eigenvalue weighted by atomic mass is 79.9. The van der Waals surface area contributed by atoms with E-state index in [1.165, 1.54) is 5.56 Å². The molecule has 0 bridgehead atoms. The third-order valence-corrected chi connectivity index (χ3v) is 4.38. The SMILES string of the molecule is CCC(Br)CCNc1nccc(C)c1Br. The van der Waals surface area contributed by atoms with Crippen LogP contribution in [-0.2, 0) is 0 Å². The Morgan fingerprint density at radius 1 is 1.53 bits per heavy atom. The number of nitrogens with zero attached hydrogens (tertiary/aromatic N) is 1. The van der Waals surface area contributed by atoms with Crippen molar-refractivity contribution in [2.75, 3.05) is 11.9 Å². The number of alkyl halides is 1. The van der Waals surface area contributed by atoms with E-state index in [0.717, 1.165) is 29.7 Å². The number of anilines is 1. The van der Waals surface area contributed by atoms with Gasteiger partial charge in [-0.05, 0) is 47.3 Å². The molecule has 0 spiro atoms. The van der Waals surface area contributed by atoms with Crippen molar-refractivity contribution in [2.45, 2.75) is 31.5 Å². The van der Waals surface area contributed by atoms with Crippen molar-refractivity contribution in [1.82, 2.24) is 4.98 Å². The fourth-order valence-corrected chi connectivity index (χ4v) is 1.82. The van der Waals surface area contributed by atoms with Crippen LogP contribution in [0, 0.1) is 6.92 Å². The van der Waals surface area contributed by atoms with Gasteiger partial charge in [0.05, 0.1) is 4.47 Å². The molecule has 1 unspecified atom stereocenters. The van der Waals surface area contributed by atoms with Gasteiger partial charge in [-0.2, -0.15) is 0 Å². The summed E-state index contributed by atoms with van der Waals surface area (Å²) in [6.07, 6.45) is 4.09. The number of aromatic nitrogens is 1. The molecule has 84 valence electrons. The van der Waals surface area contributed by atoms with E-state index in [4.69, 9.17) is 0 Å². The van der Waals surface area contributed by atoms with Gasteiger partial charge < -0.3 is 5.32 Å². The molecule has 0 saturated heterocycles. The quantitative estimate of drug-likeness (QED) is 0.818. The molecule has 0 aliphatic rings. The van der Waals surface area contributed by atoms with Gasteiger partial charge in [-0.1, -0.05) is 22.9 Å². The molecule has 1 rings (SSSR count). The number of hydrogen-bond acceptors (Lipinski definition) is 2. The van der Waals surface area contributed by atoms with Gasteiger partial charge in [0.2, 0.25) is 0 Å². The van der Waals surface area contributed by atoms with Crippen LogP contribution in [0.1, 0.15) is 25.3 Å². The van der Waals surface area contributed by atoms with Crippen LogP contribution >= 0.6 is 31.9 Å². The zero-order valence-electron chi connectivity index (χ0n) is 9.06. The number of pyridine rings is 1. The molecule has 1 heterocycles. The van der Waals surface area contributed by atoms with Crippen molar-refractivity contribution in [3.8, 4) is 0 Å². The van der Waals surface area contributed by atoms with Crippen molar-refractivity contribution >= 4 is 37.7 Å². The molecule has 0 aliphatic heterocycles. The lowest BCUT2D eigenvalue weighted by Gasteiger charge is -2.10. The maximum Gasteiger partial charge on any atom is 0.140 e. The van der Waals surface area contributed by atoms with E-state index in [9.17, 15) is 0 Å². The number of nitrogens with one attached hydrogen (secondary N) is 1. The lowest BCUT2D eigenvalue weighted by molar-refractivity contribution is 0.772. The Morgan fingerprint density at radius 2 is 2.27 bits per heavy atom. The number of rotatable bonds is 5. The highest BCUT2D eigenvalue weighted by molar-refractivity contribution is 9.10. The van der Waals surface area contributed by atoms with Crippen LogP contribution in [0.3, 0.4) is 0 Å². The van der Waals surface area contributed by atoms with E-state index in [1.54, 1.807) is 0 Å². The van der Waals surface area contributed by atoms with Crippen molar-refractivity contribution < 1.29 is 0 Å². The summed E-state index contributed by atoms with van der Waals surface area (Å²) < 4.78 is 1.06. The van der Waals surface area contributed by atoms with E-state index in [1.807, 2.05) is 12.3 Å². The minimum absolute atomic E-state index is 0.591. The minimum atomic E-state index is 0.591. The van der Waals surface area contributed by atoms with Crippen molar-refractivity contribution in [2.24, 2.45) is 0 Å². The lowest BCUT2D eigenvalue weighted by atomic mass is 10.2. The van der Waals surface area contributed by atoms with Crippen molar-refractivity contribution in [3.63, 3.8) is 0 Å². The number of aryl methyl sites for hydroxylation is 1. The Bertz CT molecular complexity index is 315. The molecule has 4 heteroatoms. The molecule has 0 aromatic carbocycles. The second-order valence-electron chi connectivity index (χ2n) is 3.51. The Labute approximate surface area is 108 Å². The molecule has 0 amide bonds. The van der Waals surface area contributed by atoms with Crippen LogP contribution in [0.4, 0.5) is 5.82 Å². The molecule has 1 N–H and O–H groups in total. The van der Waals surface area contributed by atoms with Crippen molar-refractivity contribution in [3.05, 3.63) is 22.3 Å². The molecule has 1 aromatic heterocycles. The summed E-state index contributed by atoms with van der Waals surface area (Å²) in [5.41, 5.74) is 1.21. The average Bonchev–Trinajstić information content (AvgIpc) is 2.24. The first-order valence-corrected chi connectivity index (χ1v) is 6.85. The highest BCUT2D eigenvalue weighted by Crippen LogP contribution is 2.23. The predicted octanol–water partition coefficient (Wildman–Crippen LogP) is 4.13. The van der Waals surface area contributed by atoms with Crippen LogP contribution < -0.4 is 5.32 Å². The summed E-state index contributed by atoms with van der Waals surface area (Å²) in [5, 5.41) is 3.33. The smallest absolute Gasteiger partial charge is 0.140 e. The normalized spacial score (nSPS) is 12.5. The van der Waals surface area contributed by atoms with Gasteiger partial charge in [-0.25, -0.2) is 4.98 Å². The Hall–Kier alpha value is -0.0900. The van der Waals surface area contributed by atoms with Gasteiger partial charge in [0.25, 0.3) is 0 Å². The molecule has 0 radical (unpaired) electrons. The molecule has 2 nitrogen and oxygen atoms in total. The van der Waals surface area contributed by atoms with Gasteiger partial charge in [0.1, 0.15) is 5.82 Å². The molecular formula is C11H16Br2N2. The fraction of sp³-hybridized carbons (Fsp3) is 0.545. The van der Waals surface area contributed by atoms with E-state index in [0.29, 0.717) is 4.83 Å². The average molecular weight is 336 g/mol. The van der Waals surface area contributed by atoms with Crippen LogP contribution in [0.15, 0.2) is 16.7 Å². The van der Waals surface area contributed by atoms with Gasteiger partial charge >= 0.3 is 0 Å². The van der Waals surface area contributed by atoms with Gasteiger partial charge in [-0.3, -0.25) is 0 Å². The minimum Gasteiger partial charge on any atom is -0.369 e. The molecule has 0 saturated carbocycles. The molecule has 1 aromatic rings. The van der Waals surface area contributed by atoms with Crippen LogP contribution in [0.25, 0.3) is 0 Å². The first-order chi connectivity index (χ1) is 7.15. The number of halogens is 2. The topological polar surface area (TPSA) is 24.9 Å². The fourth-order valence-electron chi connectivity index (χ4n) is 1.21. The summed E-state index contributed by atoms with van der Waals surface area (Å²) >= 11 is 7.14. The zero-order chi connectivity index (χ0) is 11.3. The highest BCUT2D eigenvalue weighted by Gasteiger charge is 2.04. The summed E-state index contributed by atoms with van der Waals surface area (Å²) in [7, 11) is 0. The maximum absolute atomic E-state index is 4.29. The molecule has 15 heavy (non-hydrogen) atoms. The Balaban J connectivity index is 2.47. The largest absolute Gasteiger partial charge is 0.369 e.